The lowest BCUT2D eigenvalue weighted by Crippen LogP contribution is -2.32. The Balaban J connectivity index is 2.32. The van der Waals surface area contributed by atoms with Crippen LogP contribution in [0.15, 0.2) is 12.1 Å². The van der Waals surface area contributed by atoms with E-state index in [-0.39, 0.29) is 11.9 Å². The average Bonchev–Trinajstić information content (AvgIpc) is 2.81. The quantitative estimate of drug-likeness (QED) is 0.910. The van der Waals surface area contributed by atoms with Crippen LogP contribution in [0.1, 0.15) is 30.5 Å². The van der Waals surface area contributed by atoms with E-state index in [1.54, 1.807) is 6.07 Å². The third-order valence-electron chi connectivity index (χ3n) is 4.03. The van der Waals surface area contributed by atoms with Gasteiger partial charge in [0, 0.05) is 30.9 Å². The zero-order valence-electron chi connectivity index (χ0n) is 12.3. The Morgan fingerprint density at radius 1 is 1.42 bits per heavy atom. The van der Waals surface area contributed by atoms with E-state index in [2.05, 4.69) is 23.9 Å². The molecule has 1 aliphatic rings. The van der Waals surface area contributed by atoms with Crippen molar-refractivity contribution < 1.29 is 4.39 Å². The average molecular weight is 265 g/mol. The fourth-order valence-electron chi connectivity index (χ4n) is 2.70. The number of benzene rings is 1. The second kappa shape index (κ2) is 5.47. The molecule has 1 aromatic carbocycles. The van der Waals surface area contributed by atoms with E-state index in [0.717, 1.165) is 30.8 Å². The first kappa shape index (κ1) is 14.3. The van der Waals surface area contributed by atoms with Crippen LogP contribution >= 0.6 is 0 Å². The van der Waals surface area contributed by atoms with Gasteiger partial charge in [-0.3, -0.25) is 0 Å². The maximum atomic E-state index is 13.7. The van der Waals surface area contributed by atoms with Crippen LogP contribution in [0.5, 0.6) is 0 Å². The molecule has 0 saturated carbocycles. The third kappa shape index (κ3) is 2.90. The highest BCUT2D eigenvalue weighted by atomic mass is 19.1. The second-order valence-corrected chi connectivity index (χ2v) is 5.80. The number of aryl methyl sites for hydroxylation is 1. The molecule has 1 saturated heterocycles. The molecule has 1 heterocycles. The molecular formula is C15H24FN3. The van der Waals surface area contributed by atoms with Crippen LogP contribution in [0.4, 0.5) is 10.1 Å². The lowest BCUT2D eigenvalue weighted by atomic mass is 10.0. The largest absolute Gasteiger partial charge is 0.370 e. The summed E-state index contributed by atoms with van der Waals surface area (Å²) in [4.78, 5) is 4.58. The molecule has 0 bridgehead atoms. The Bertz CT molecular complexity index is 457. The van der Waals surface area contributed by atoms with Gasteiger partial charge in [-0.15, -0.1) is 0 Å². The van der Waals surface area contributed by atoms with Gasteiger partial charge in [-0.25, -0.2) is 4.39 Å². The van der Waals surface area contributed by atoms with Crippen molar-refractivity contribution in [3.8, 4) is 0 Å². The van der Waals surface area contributed by atoms with E-state index < -0.39 is 0 Å². The van der Waals surface area contributed by atoms with Gasteiger partial charge in [-0.1, -0.05) is 0 Å². The monoisotopic (exact) mass is 265 g/mol. The van der Waals surface area contributed by atoms with Crippen molar-refractivity contribution in [3.63, 3.8) is 0 Å². The van der Waals surface area contributed by atoms with Gasteiger partial charge in [0.25, 0.3) is 0 Å². The van der Waals surface area contributed by atoms with Gasteiger partial charge < -0.3 is 15.5 Å². The Kier molecular flexibility index (Phi) is 4.11. The molecule has 2 atom stereocenters. The summed E-state index contributed by atoms with van der Waals surface area (Å²) in [6, 6.07) is 3.94. The standard InChI is InChI=1S/C15H24FN3/c1-10-7-15(13(11(2)17)8-14(10)16)19-6-5-12(9-19)18(3)4/h7-8,11-12H,5-6,9,17H2,1-4H3/t11-,12?/m1/s1. The van der Waals surface area contributed by atoms with E-state index >= 15 is 0 Å². The van der Waals surface area contributed by atoms with Crippen molar-refractivity contribution in [1.82, 2.24) is 4.90 Å². The molecule has 0 amide bonds. The van der Waals surface area contributed by atoms with Crippen molar-refractivity contribution >= 4 is 5.69 Å². The normalized spacial score (nSPS) is 21.2. The SMILES string of the molecule is Cc1cc(N2CCC(N(C)C)C2)c([C@@H](C)N)cc1F. The highest BCUT2D eigenvalue weighted by Crippen LogP contribution is 2.31. The van der Waals surface area contributed by atoms with E-state index in [9.17, 15) is 4.39 Å². The zero-order valence-corrected chi connectivity index (χ0v) is 12.3. The molecule has 0 radical (unpaired) electrons. The van der Waals surface area contributed by atoms with Crippen molar-refractivity contribution in [2.45, 2.75) is 32.4 Å². The second-order valence-electron chi connectivity index (χ2n) is 5.80. The smallest absolute Gasteiger partial charge is 0.126 e. The number of nitrogens with two attached hydrogens (primary N) is 1. The molecular weight excluding hydrogens is 241 g/mol. The minimum absolute atomic E-state index is 0.150. The molecule has 2 N–H and O–H groups in total. The number of likely N-dealkylation sites (N-methyl/N-ethyl adjacent to an activating group) is 1. The van der Waals surface area contributed by atoms with Crippen LogP contribution in [0.3, 0.4) is 0 Å². The summed E-state index contributed by atoms with van der Waals surface area (Å²) < 4.78 is 13.7. The van der Waals surface area contributed by atoms with Crippen molar-refractivity contribution in [2.24, 2.45) is 5.73 Å². The predicted molar refractivity (Wildman–Crippen MR) is 78.0 cm³/mol. The predicted octanol–water partition coefficient (Wildman–Crippen LogP) is 2.29. The maximum absolute atomic E-state index is 13.7. The first-order valence-corrected chi connectivity index (χ1v) is 6.87. The summed E-state index contributed by atoms with van der Waals surface area (Å²) in [5, 5.41) is 0. The van der Waals surface area contributed by atoms with Crippen LogP contribution in [0, 0.1) is 12.7 Å². The van der Waals surface area contributed by atoms with Crippen LogP contribution < -0.4 is 10.6 Å². The number of hydrogen-bond donors (Lipinski definition) is 1. The number of anilines is 1. The Morgan fingerprint density at radius 2 is 2.11 bits per heavy atom. The first-order chi connectivity index (χ1) is 8.90. The highest BCUT2D eigenvalue weighted by molar-refractivity contribution is 5.58. The van der Waals surface area contributed by atoms with Crippen molar-refractivity contribution in [3.05, 3.63) is 29.1 Å². The molecule has 1 unspecified atom stereocenters. The van der Waals surface area contributed by atoms with Crippen LogP contribution in [-0.4, -0.2) is 38.1 Å². The topological polar surface area (TPSA) is 32.5 Å². The first-order valence-electron chi connectivity index (χ1n) is 6.87. The van der Waals surface area contributed by atoms with Gasteiger partial charge in [-0.05, 0) is 57.6 Å². The van der Waals surface area contributed by atoms with E-state index in [1.165, 1.54) is 0 Å². The van der Waals surface area contributed by atoms with Gasteiger partial charge in [0.1, 0.15) is 5.82 Å². The zero-order chi connectivity index (χ0) is 14.2. The minimum Gasteiger partial charge on any atom is -0.370 e. The van der Waals surface area contributed by atoms with Crippen LogP contribution in [0.2, 0.25) is 0 Å². The van der Waals surface area contributed by atoms with Gasteiger partial charge in [0.15, 0.2) is 0 Å². The Labute approximate surface area is 115 Å². The maximum Gasteiger partial charge on any atom is 0.126 e. The lowest BCUT2D eigenvalue weighted by Gasteiger charge is -2.26. The van der Waals surface area contributed by atoms with Gasteiger partial charge >= 0.3 is 0 Å². The van der Waals surface area contributed by atoms with Gasteiger partial charge in [-0.2, -0.15) is 0 Å². The molecule has 1 fully saturated rings. The molecule has 0 aliphatic carbocycles. The molecule has 1 aromatic rings. The van der Waals surface area contributed by atoms with Gasteiger partial charge in [0.2, 0.25) is 0 Å². The van der Waals surface area contributed by atoms with Crippen LogP contribution in [-0.2, 0) is 0 Å². The van der Waals surface area contributed by atoms with Gasteiger partial charge in [0.05, 0.1) is 0 Å². The molecule has 0 aromatic heterocycles. The fourth-order valence-corrected chi connectivity index (χ4v) is 2.70. The Morgan fingerprint density at radius 3 is 2.63 bits per heavy atom. The third-order valence-corrected chi connectivity index (χ3v) is 4.03. The van der Waals surface area contributed by atoms with E-state index in [1.807, 2.05) is 19.9 Å². The fraction of sp³-hybridized carbons (Fsp3) is 0.600. The summed E-state index contributed by atoms with van der Waals surface area (Å²) in [6.07, 6.45) is 1.14. The molecule has 19 heavy (non-hydrogen) atoms. The lowest BCUT2D eigenvalue weighted by molar-refractivity contribution is 0.315. The minimum atomic E-state index is -0.167. The summed E-state index contributed by atoms with van der Waals surface area (Å²) in [5.74, 6) is -0.167. The van der Waals surface area contributed by atoms with Crippen molar-refractivity contribution in [1.29, 1.82) is 0 Å². The molecule has 2 rings (SSSR count). The number of nitrogens with zero attached hydrogens (tertiary/aromatic N) is 2. The molecule has 1 aliphatic heterocycles. The Hall–Kier alpha value is -1.13. The number of hydrogen-bond acceptors (Lipinski definition) is 3. The number of halogens is 1. The van der Waals surface area contributed by atoms with Crippen LogP contribution in [0.25, 0.3) is 0 Å². The van der Waals surface area contributed by atoms with E-state index in [4.69, 9.17) is 5.73 Å². The summed E-state index contributed by atoms with van der Waals surface area (Å²) >= 11 is 0. The molecule has 0 spiro atoms. The summed E-state index contributed by atoms with van der Waals surface area (Å²) in [7, 11) is 4.22. The molecule has 3 nitrogen and oxygen atoms in total. The number of rotatable bonds is 3. The molecule has 106 valence electrons. The highest BCUT2D eigenvalue weighted by Gasteiger charge is 2.26. The molecule has 4 heteroatoms. The summed E-state index contributed by atoms with van der Waals surface area (Å²) in [5.41, 5.74) is 8.68. The van der Waals surface area contributed by atoms with E-state index in [0.29, 0.717) is 11.6 Å². The van der Waals surface area contributed by atoms with Crippen molar-refractivity contribution in [2.75, 3.05) is 32.1 Å². The summed E-state index contributed by atoms with van der Waals surface area (Å²) in [6.45, 7) is 5.71.